The Morgan fingerprint density at radius 1 is 0.913 bits per heavy atom. The summed E-state index contributed by atoms with van der Waals surface area (Å²) in [6.07, 6.45) is 0. The van der Waals surface area contributed by atoms with Crippen molar-refractivity contribution in [2.45, 2.75) is 52.9 Å². The Bertz CT molecular complexity index is 481. The first-order valence-electron chi connectivity index (χ1n) is 8.03. The molecule has 0 radical (unpaired) electrons. The van der Waals surface area contributed by atoms with Gasteiger partial charge in [-0.2, -0.15) is 0 Å². The summed E-state index contributed by atoms with van der Waals surface area (Å²) in [6.45, 7) is 12.2. The third-order valence-corrected chi connectivity index (χ3v) is 2.90. The average molecular weight is 324 g/mol. The fourth-order valence-electron chi connectivity index (χ4n) is 2.17. The van der Waals surface area contributed by atoms with Gasteiger partial charge in [0.05, 0.1) is 6.61 Å². The molecule has 0 aliphatic carbocycles. The van der Waals surface area contributed by atoms with Gasteiger partial charge in [-0.05, 0) is 65.8 Å². The van der Waals surface area contributed by atoms with E-state index in [-0.39, 0.29) is 12.2 Å². The zero-order chi connectivity index (χ0) is 17.5. The van der Waals surface area contributed by atoms with E-state index >= 15 is 0 Å². The van der Waals surface area contributed by atoms with Crippen molar-refractivity contribution in [3.05, 3.63) is 29.8 Å². The number of rotatable bonds is 8. The van der Waals surface area contributed by atoms with Crippen LogP contribution in [0.3, 0.4) is 0 Å². The van der Waals surface area contributed by atoms with Crippen LogP contribution in [-0.2, 0) is 24.8 Å². The minimum absolute atomic E-state index is 0.256. The monoisotopic (exact) mass is 324 g/mol. The molecule has 1 aromatic rings. The molecule has 0 atom stereocenters. The Kier molecular flexibility index (Phi) is 7.03. The van der Waals surface area contributed by atoms with E-state index in [1.165, 1.54) is 0 Å². The summed E-state index contributed by atoms with van der Waals surface area (Å²) in [7, 11) is 0. The molecular weight excluding hydrogens is 296 g/mol. The van der Waals surface area contributed by atoms with Crippen LogP contribution in [0.2, 0.25) is 0 Å². The maximum atomic E-state index is 12.5. The lowest BCUT2D eigenvalue weighted by Gasteiger charge is -2.31. The second kappa shape index (κ2) is 8.31. The molecule has 5 nitrogen and oxygen atoms in total. The molecule has 0 aliphatic heterocycles. The summed E-state index contributed by atoms with van der Waals surface area (Å²) in [4.78, 5) is 12.5. The molecule has 0 N–H and O–H groups in total. The standard InChI is InChI=1S/C18H28O5/c1-7-20-16(19)18(21-8-2,22-9-3)14-10-12-15(13-11-14)23-17(4,5)6/h10-13H,7-9H2,1-6H3. The number of carbonyl (C=O) groups is 1. The van der Waals surface area contributed by atoms with E-state index in [4.69, 9.17) is 18.9 Å². The molecule has 0 heterocycles. The van der Waals surface area contributed by atoms with Crippen molar-refractivity contribution >= 4 is 5.97 Å². The average Bonchev–Trinajstić information content (AvgIpc) is 2.46. The molecule has 0 aromatic heterocycles. The summed E-state index contributed by atoms with van der Waals surface area (Å²) in [6, 6.07) is 7.13. The van der Waals surface area contributed by atoms with Crippen LogP contribution in [0.25, 0.3) is 0 Å². The number of esters is 1. The van der Waals surface area contributed by atoms with E-state index in [9.17, 15) is 4.79 Å². The smallest absolute Gasteiger partial charge is 0.372 e. The third kappa shape index (κ3) is 5.22. The second-order valence-corrected chi connectivity index (χ2v) is 5.94. The van der Waals surface area contributed by atoms with Crippen LogP contribution in [-0.4, -0.2) is 31.4 Å². The lowest BCUT2D eigenvalue weighted by Crippen LogP contribution is -2.43. The highest BCUT2D eigenvalue weighted by Crippen LogP contribution is 2.31. The fraction of sp³-hybridized carbons (Fsp3) is 0.611. The Morgan fingerprint density at radius 2 is 1.43 bits per heavy atom. The first-order chi connectivity index (χ1) is 10.8. The molecule has 23 heavy (non-hydrogen) atoms. The highest BCUT2D eigenvalue weighted by Gasteiger charge is 2.44. The molecule has 0 unspecified atom stereocenters. The van der Waals surface area contributed by atoms with Crippen LogP contribution in [0.4, 0.5) is 0 Å². The van der Waals surface area contributed by atoms with E-state index < -0.39 is 11.8 Å². The van der Waals surface area contributed by atoms with E-state index in [2.05, 4.69) is 0 Å². The second-order valence-electron chi connectivity index (χ2n) is 5.94. The quantitative estimate of drug-likeness (QED) is 0.539. The van der Waals surface area contributed by atoms with Crippen LogP contribution >= 0.6 is 0 Å². The Balaban J connectivity index is 3.17. The zero-order valence-electron chi connectivity index (χ0n) is 15.0. The fourth-order valence-corrected chi connectivity index (χ4v) is 2.17. The Morgan fingerprint density at radius 3 is 1.83 bits per heavy atom. The van der Waals surface area contributed by atoms with Gasteiger partial charge in [-0.25, -0.2) is 4.79 Å². The van der Waals surface area contributed by atoms with Crippen molar-refractivity contribution in [1.82, 2.24) is 0 Å². The summed E-state index contributed by atoms with van der Waals surface area (Å²) in [5, 5.41) is 0. The van der Waals surface area contributed by atoms with Crippen molar-refractivity contribution in [1.29, 1.82) is 0 Å². The molecule has 0 saturated carbocycles. The molecule has 1 rings (SSSR count). The summed E-state index contributed by atoms with van der Waals surface area (Å²) in [5.41, 5.74) is 0.292. The first kappa shape index (κ1) is 19.5. The number of hydrogen-bond donors (Lipinski definition) is 0. The van der Waals surface area contributed by atoms with Crippen molar-refractivity contribution in [2.24, 2.45) is 0 Å². The van der Waals surface area contributed by atoms with Crippen molar-refractivity contribution < 1.29 is 23.7 Å². The van der Waals surface area contributed by atoms with Crippen LogP contribution in [0.1, 0.15) is 47.1 Å². The SMILES string of the molecule is CCOC(=O)C(OCC)(OCC)c1ccc(OC(C)(C)C)cc1. The largest absolute Gasteiger partial charge is 0.488 e. The highest BCUT2D eigenvalue weighted by atomic mass is 16.7. The molecule has 0 amide bonds. The molecule has 1 aromatic carbocycles. The minimum Gasteiger partial charge on any atom is -0.488 e. The highest BCUT2D eigenvalue weighted by molar-refractivity contribution is 5.79. The van der Waals surface area contributed by atoms with Gasteiger partial charge >= 0.3 is 5.97 Å². The maximum absolute atomic E-state index is 12.5. The molecule has 0 spiro atoms. The topological polar surface area (TPSA) is 54.0 Å². The van der Waals surface area contributed by atoms with Gasteiger partial charge in [0, 0.05) is 18.8 Å². The summed E-state index contributed by atoms with van der Waals surface area (Å²) in [5.74, 6) is -1.38. The molecule has 0 saturated heterocycles. The van der Waals surface area contributed by atoms with Gasteiger partial charge in [0.25, 0.3) is 5.79 Å². The number of carbonyl (C=O) groups excluding carboxylic acids is 1. The maximum Gasteiger partial charge on any atom is 0.372 e. The van der Waals surface area contributed by atoms with Crippen molar-refractivity contribution in [3.63, 3.8) is 0 Å². The minimum atomic E-state index is -1.54. The van der Waals surface area contributed by atoms with Gasteiger partial charge in [0.15, 0.2) is 0 Å². The molecule has 0 aliphatic rings. The van der Waals surface area contributed by atoms with Gasteiger partial charge in [-0.1, -0.05) is 0 Å². The predicted octanol–water partition coefficient (Wildman–Crippen LogP) is 3.65. The predicted molar refractivity (Wildman–Crippen MR) is 88.4 cm³/mol. The van der Waals surface area contributed by atoms with E-state index in [1.807, 2.05) is 34.6 Å². The Hall–Kier alpha value is -1.59. The van der Waals surface area contributed by atoms with E-state index in [0.717, 1.165) is 0 Å². The van der Waals surface area contributed by atoms with Gasteiger partial charge in [-0.15, -0.1) is 0 Å². The van der Waals surface area contributed by atoms with Gasteiger partial charge < -0.3 is 18.9 Å². The lowest BCUT2D eigenvalue weighted by molar-refractivity contribution is -0.252. The van der Waals surface area contributed by atoms with Crippen molar-refractivity contribution in [3.8, 4) is 5.75 Å². The van der Waals surface area contributed by atoms with Gasteiger partial charge in [-0.3, -0.25) is 0 Å². The van der Waals surface area contributed by atoms with E-state index in [0.29, 0.717) is 24.5 Å². The van der Waals surface area contributed by atoms with Gasteiger partial charge in [0.2, 0.25) is 0 Å². The molecule has 5 heteroatoms. The number of benzene rings is 1. The summed E-state index contributed by atoms with van der Waals surface area (Å²) < 4.78 is 22.3. The molecule has 130 valence electrons. The molecule has 0 bridgehead atoms. The molecular formula is C18H28O5. The normalized spacial score (nSPS) is 12.1. The Labute approximate surface area is 138 Å². The van der Waals surface area contributed by atoms with Crippen LogP contribution < -0.4 is 4.74 Å². The van der Waals surface area contributed by atoms with E-state index in [1.54, 1.807) is 31.2 Å². The van der Waals surface area contributed by atoms with Crippen LogP contribution in [0.5, 0.6) is 5.75 Å². The number of ether oxygens (including phenoxy) is 4. The van der Waals surface area contributed by atoms with Crippen molar-refractivity contribution in [2.75, 3.05) is 19.8 Å². The number of hydrogen-bond acceptors (Lipinski definition) is 5. The zero-order valence-corrected chi connectivity index (χ0v) is 15.0. The summed E-state index contributed by atoms with van der Waals surface area (Å²) >= 11 is 0. The van der Waals surface area contributed by atoms with Crippen LogP contribution in [0, 0.1) is 0 Å². The van der Waals surface area contributed by atoms with Gasteiger partial charge in [0.1, 0.15) is 11.4 Å². The third-order valence-electron chi connectivity index (χ3n) is 2.90. The van der Waals surface area contributed by atoms with Crippen LogP contribution in [0.15, 0.2) is 24.3 Å². The first-order valence-corrected chi connectivity index (χ1v) is 8.03. The molecule has 0 fully saturated rings. The lowest BCUT2D eigenvalue weighted by atomic mass is 10.0.